The molecule has 0 amide bonds. The van der Waals surface area contributed by atoms with Gasteiger partial charge in [0.1, 0.15) is 17.6 Å². The summed E-state index contributed by atoms with van der Waals surface area (Å²) in [5.41, 5.74) is 0.990. The molecule has 134 valence electrons. The highest BCUT2D eigenvalue weighted by atomic mass is 19.4. The lowest BCUT2D eigenvalue weighted by molar-refractivity contribution is -0.137. The van der Waals surface area contributed by atoms with Gasteiger partial charge in [-0.3, -0.25) is 0 Å². The molecule has 2 aromatic heterocycles. The number of aromatic amines is 1. The highest BCUT2D eigenvalue weighted by Gasteiger charge is 2.31. The maximum absolute atomic E-state index is 13.1. The molecule has 4 rings (SSSR count). The summed E-state index contributed by atoms with van der Waals surface area (Å²) >= 11 is 0. The molecule has 4 aromatic rings. The van der Waals surface area contributed by atoms with Crippen LogP contribution in [0.4, 0.5) is 13.2 Å². The van der Waals surface area contributed by atoms with Crippen LogP contribution in [-0.2, 0) is 6.18 Å². The van der Waals surface area contributed by atoms with Gasteiger partial charge in [0, 0.05) is 17.3 Å². The summed E-state index contributed by atoms with van der Waals surface area (Å²) in [4.78, 5) is 2.97. The summed E-state index contributed by atoms with van der Waals surface area (Å²) in [7, 11) is 0. The summed E-state index contributed by atoms with van der Waals surface area (Å²) in [6, 6.07) is 12.0. The van der Waals surface area contributed by atoms with E-state index in [1.54, 1.807) is 30.5 Å². The summed E-state index contributed by atoms with van der Waals surface area (Å²) in [6.07, 6.45) is -0.202. The van der Waals surface area contributed by atoms with Crippen molar-refractivity contribution in [2.45, 2.75) is 6.18 Å². The second-order valence-electron chi connectivity index (χ2n) is 5.82. The Kier molecular flexibility index (Phi) is 3.89. The van der Waals surface area contributed by atoms with Crippen molar-refractivity contribution in [3.05, 3.63) is 72.3 Å². The van der Waals surface area contributed by atoms with E-state index in [2.05, 4.69) is 11.1 Å². The Morgan fingerprint density at radius 3 is 2.63 bits per heavy atom. The van der Waals surface area contributed by atoms with Crippen molar-refractivity contribution < 1.29 is 22.3 Å². The summed E-state index contributed by atoms with van der Waals surface area (Å²) in [5, 5.41) is 9.85. The smallest absolute Gasteiger partial charge is 0.416 e. The third kappa shape index (κ3) is 3.02. The van der Waals surface area contributed by atoms with E-state index in [-0.39, 0.29) is 11.3 Å². The first-order chi connectivity index (χ1) is 13.0. The third-order valence-electron chi connectivity index (χ3n) is 4.15. The van der Waals surface area contributed by atoms with E-state index in [0.717, 1.165) is 12.1 Å². The molecule has 0 saturated carbocycles. The Bertz CT molecular complexity index is 1150. The lowest BCUT2D eigenvalue weighted by Gasteiger charge is -2.14. The van der Waals surface area contributed by atoms with Crippen molar-refractivity contribution in [1.29, 1.82) is 5.26 Å². The number of hydrogen-bond acceptors (Lipinski definition) is 3. The number of alkyl halides is 3. The normalized spacial score (nSPS) is 11.5. The van der Waals surface area contributed by atoms with Crippen LogP contribution >= 0.6 is 0 Å². The van der Waals surface area contributed by atoms with Crippen LogP contribution in [0.15, 0.2) is 65.6 Å². The average molecular weight is 368 g/mol. The van der Waals surface area contributed by atoms with Crippen molar-refractivity contribution in [3.8, 4) is 28.7 Å². The Morgan fingerprint density at radius 2 is 1.93 bits per heavy atom. The minimum Gasteiger partial charge on any atom is -0.472 e. The van der Waals surface area contributed by atoms with E-state index in [0.29, 0.717) is 27.8 Å². The predicted octanol–water partition coefficient (Wildman–Crippen LogP) is 6.11. The number of benzene rings is 2. The van der Waals surface area contributed by atoms with Crippen molar-refractivity contribution in [2.75, 3.05) is 0 Å². The van der Waals surface area contributed by atoms with E-state index in [9.17, 15) is 18.4 Å². The fourth-order valence-electron chi connectivity index (χ4n) is 2.88. The highest BCUT2D eigenvalue weighted by Crippen LogP contribution is 2.40. The van der Waals surface area contributed by atoms with E-state index in [1.807, 2.05) is 0 Å². The lowest BCUT2D eigenvalue weighted by Crippen LogP contribution is -2.05. The van der Waals surface area contributed by atoms with Crippen LogP contribution in [0.5, 0.6) is 11.5 Å². The molecular formula is C20H11F3N2O2. The first kappa shape index (κ1) is 16.8. The van der Waals surface area contributed by atoms with Gasteiger partial charge < -0.3 is 14.1 Å². The molecule has 0 aliphatic rings. The maximum Gasteiger partial charge on any atom is 0.416 e. The van der Waals surface area contributed by atoms with Crippen LogP contribution in [0.2, 0.25) is 0 Å². The molecule has 0 unspecified atom stereocenters. The fourth-order valence-corrected chi connectivity index (χ4v) is 2.88. The van der Waals surface area contributed by atoms with Gasteiger partial charge in [-0.25, -0.2) is 0 Å². The van der Waals surface area contributed by atoms with Gasteiger partial charge in [-0.2, -0.15) is 18.4 Å². The second-order valence-corrected chi connectivity index (χ2v) is 5.82. The van der Waals surface area contributed by atoms with Crippen molar-refractivity contribution in [3.63, 3.8) is 0 Å². The first-order valence-electron chi connectivity index (χ1n) is 7.89. The Balaban J connectivity index is 1.86. The number of ether oxygens (including phenoxy) is 1. The molecule has 27 heavy (non-hydrogen) atoms. The molecule has 4 nitrogen and oxygen atoms in total. The molecule has 0 aliphatic carbocycles. The molecular weight excluding hydrogens is 357 g/mol. The maximum atomic E-state index is 13.1. The zero-order valence-corrected chi connectivity index (χ0v) is 13.7. The molecule has 0 radical (unpaired) electrons. The number of hydrogen-bond donors (Lipinski definition) is 1. The van der Waals surface area contributed by atoms with E-state index < -0.39 is 11.7 Å². The summed E-state index contributed by atoms with van der Waals surface area (Å²) < 4.78 is 50.3. The van der Waals surface area contributed by atoms with E-state index >= 15 is 0 Å². The first-order valence-corrected chi connectivity index (χ1v) is 7.89. The number of nitrogens with one attached hydrogen (secondary N) is 1. The number of furan rings is 1. The molecule has 0 saturated heterocycles. The van der Waals surface area contributed by atoms with Crippen LogP contribution in [0.1, 0.15) is 11.1 Å². The Labute approximate surface area is 151 Å². The topological polar surface area (TPSA) is 62.0 Å². The van der Waals surface area contributed by atoms with Crippen molar-refractivity contribution in [1.82, 2.24) is 4.98 Å². The number of halogens is 3. The van der Waals surface area contributed by atoms with Gasteiger partial charge in [0.25, 0.3) is 0 Å². The molecule has 0 aliphatic heterocycles. The molecule has 0 spiro atoms. The van der Waals surface area contributed by atoms with Crippen molar-refractivity contribution >= 4 is 10.9 Å². The quantitative estimate of drug-likeness (QED) is 0.474. The monoisotopic (exact) mass is 368 g/mol. The SMILES string of the molecule is N#Cc1c[nH]c2cccc(Oc3ccc(C(F)(F)F)cc3-c3ccoc3)c12. The minimum atomic E-state index is -4.48. The van der Waals surface area contributed by atoms with Crippen LogP contribution in [0.3, 0.4) is 0 Å². The zero-order chi connectivity index (χ0) is 19.0. The zero-order valence-electron chi connectivity index (χ0n) is 13.7. The highest BCUT2D eigenvalue weighted by molar-refractivity contribution is 5.91. The number of nitriles is 1. The minimum absolute atomic E-state index is 0.224. The van der Waals surface area contributed by atoms with Crippen LogP contribution in [0, 0.1) is 11.3 Å². The molecule has 2 heterocycles. The largest absolute Gasteiger partial charge is 0.472 e. The van der Waals surface area contributed by atoms with Gasteiger partial charge in [-0.15, -0.1) is 0 Å². The molecule has 0 bridgehead atoms. The van der Waals surface area contributed by atoms with Gasteiger partial charge in [-0.1, -0.05) is 6.07 Å². The van der Waals surface area contributed by atoms with Crippen LogP contribution in [0.25, 0.3) is 22.0 Å². The lowest BCUT2D eigenvalue weighted by atomic mass is 10.0. The summed E-state index contributed by atoms with van der Waals surface area (Å²) in [6.45, 7) is 0. The van der Waals surface area contributed by atoms with Gasteiger partial charge in [0.2, 0.25) is 0 Å². The van der Waals surface area contributed by atoms with Gasteiger partial charge in [-0.05, 0) is 36.4 Å². The van der Waals surface area contributed by atoms with Gasteiger partial charge >= 0.3 is 6.18 Å². The number of aromatic nitrogens is 1. The predicted molar refractivity (Wildman–Crippen MR) is 92.2 cm³/mol. The Morgan fingerprint density at radius 1 is 1.07 bits per heavy atom. The standard InChI is InChI=1S/C20H11F3N2O2/c21-20(22,23)14-4-5-17(15(8-14)12-6-7-26-11-12)27-18-3-1-2-16-19(18)13(9-24)10-25-16/h1-8,10-11,25H. The molecule has 1 N–H and O–H groups in total. The Hall–Kier alpha value is -3.66. The van der Waals surface area contributed by atoms with Crippen LogP contribution < -0.4 is 4.74 Å². The van der Waals surface area contributed by atoms with E-state index in [1.165, 1.54) is 18.6 Å². The second kappa shape index (κ2) is 6.25. The average Bonchev–Trinajstić information content (AvgIpc) is 3.31. The number of rotatable bonds is 3. The summed E-state index contributed by atoms with van der Waals surface area (Å²) in [5.74, 6) is 0.594. The molecule has 0 atom stereocenters. The number of H-pyrrole nitrogens is 1. The molecule has 0 fully saturated rings. The fraction of sp³-hybridized carbons (Fsp3) is 0.0500. The van der Waals surface area contributed by atoms with Crippen molar-refractivity contribution in [2.24, 2.45) is 0 Å². The molecule has 2 aromatic carbocycles. The van der Waals surface area contributed by atoms with Gasteiger partial charge in [0.05, 0.1) is 34.6 Å². The van der Waals surface area contributed by atoms with Gasteiger partial charge in [0.15, 0.2) is 0 Å². The van der Waals surface area contributed by atoms with E-state index in [4.69, 9.17) is 9.15 Å². The molecule has 7 heteroatoms. The number of fused-ring (bicyclic) bond motifs is 1. The van der Waals surface area contributed by atoms with Crippen LogP contribution in [-0.4, -0.2) is 4.98 Å². The number of nitrogens with zero attached hydrogens (tertiary/aromatic N) is 1. The third-order valence-corrected chi connectivity index (χ3v) is 4.15.